The molecule has 402 valence electrons. The van der Waals surface area contributed by atoms with Crippen LogP contribution in [0.25, 0.3) is 0 Å². The molecule has 0 aliphatic rings. The molecule has 0 aliphatic carbocycles. The van der Waals surface area contributed by atoms with E-state index in [-0.39, 0.29) is 65.8 Å². The van der Waals surface area contributed by atoms with Gasteiger partial charge >= 0.3 is 44.8 Å². The van der Waals surface area contributed by atoms with Crippen LogP contribution in [0.4, 0.5) is 0 Å². The van der Waals surface area contributed by atoms with E-state index in [1.165, 1.54) is 68.1 Å². The third-order valence-corrected chi connectivity index (χ3v) is 25.4. The van der Waals surface area contributed by atoms with Crippen molar-refractivity contribution in [3.8, 4) is 24.0 Å². The van der Waals surface area contributed by atoms with Crippen molar-refractivity contribution in [2.24, 2.45) is 0 Å². The largest absolute Gasteiger partial charge is 1.00 e. The first-order valence-electron chi connectivity index (χ1n) is 25.0. The van der Waals surface area contributed by atoms with Crippen LogP contribution in [-0.4, -0.2) is 11.8 Å². The van der Waals surface area contributed by atoms with E-state index in [1.807, 2.05) is 60.7 Å². The molecule has 0 saturated heterocycles. The van der Waals surface area contributed by atoms with Crippen molar-refractivity contribution in [3.63, 3.8) is 0 Å². The van der Waals surface area contributed by atoms with Crippen LogP contribution >= 0.6 is 31.7 Å². The van der Waals surface area contributed by atoms with E-state index in [0.717, 1.165) is 11.1 Å². The molecule has 0 bridgehead atoms. The standard InChI is InChI=1S/2C25H22P2.2C8H5.2C2H3N.2Ag.Pt/c2*1-5-13-22(14-6-1)26(23-15-7-2-8-16-23)21-27(24-17-9-3-10-18-24)25-19-11-4-12-20-25;2*1-2-8-6-4-3-5-7-8;2*1-2-3;;;/h2*1-20H,21H2;2*3-7H;2*1H3;;;/q;;2*-1;;;2*+1;/p+4. The SMILES string of the molecule is CC#N.CC#N.[Ag+].[Ag+].[C-]#Cc1ccccc1.[C-]#Cc1ccccc1.[Pt].c1ccc([PH+](C[PH+](c2ccccc2)c2ccccc2)c2ccccc2)cc1.c1ccc([PH+](C[PH+](c2ccccc2)c2ccccc2)c2ccccc2)cc1. The number of rotatable bonds is 12. The summed E-state index contributed by atoms with van der Waals surface area (Å²) in [6.45, 7) is 2.86. The third-order valence-electron chi connectivity index (χ3n) is 11.5. The van der Waals surface area contributed by atoms with Gasteiger partial charge < -0.3 is 12.8 Å². The normalized spacial score (nSPS) is 9.34. The Morgan fingerprint density at radius 1 is 0.266 bits per heavy atom. The number of hydrogen-bond donors (Lipinski definition) is 0. The maximum atomic E-state index is 7.32. The minimum absolute atomic E-state index is 0. The third kappa shape index (κ3) is 25.5. The molecule has 9 heteroatoms. The maximum Gasteiger partial charge on any atom is 1.00 e. The Bertz CT molecular complexity index is 2710. The second kappa shape index (κ2) is 43.0. The molecule has 0 saturated carbocycles. The van der Waals surface area contributed by atoms with Gasteiger partial charge in [0.25, 0.3) is 0 Å². The van der Waals surface area contributed by atoms with E-state index in [2.05, 4.69) is 254 Å². The topological polar surface area (TPSA) is 47.6 Å². The summed E-state index contributed by atoms with van der Waals surface area (Å²) in [5.41, 5.74) is 1.65. The summed E-state index contributed by atoms with van der Waals surface area (Å²) >= 11 is 0. The van der Waals surface area contributed by atoms with Crippen LogP contribution in [0.3, 0.4) is 0 Å². The van der Waals surface area contributed by atoms with E-state index < -0.39 is 31.7 Å². The zero-order valence-electron chi connectivity index (χ0n) is 44.1. The molecule has 0 aromatic heterocycles. The number of nitriles is 2. The number of hydrogen-bond acceptors (Lipinski definition) is 2. The molecular weight excluding hydrogens is 1400 g/mol. The van der Waals surface area contributed by atoms with Gasteiger partial charge in [-0.25, -0.2) is 0 Å². The van der Waals surface area contributed by atoms with Crippen molar-refractivity contribution < 1.29 is 65.8 Å². The molecule has 0 aliphatic heterocycles. The molecule has 0 spiro atoms. The Morgan fingerprint density at radius 3 is 0.481 bits per heavy atom. The zero-order valence-corrected chi connectivity index (χ0v) is 53.3. The predicted octanol–water partition coefficient (Wildman–Crippen LogP) is 13.6. The fourth-order valence-corrected chi connectivity index (χ4v) is 23.4. The Labute approximate surface area is 522 Å². The molecule has 10 aromatic rings. The van der Waals surface area contributed by atoms with Gasteiger partial charge in [0.2, 0.25) is 0 Å². The van der Waals surface area contributed by atoms with Crippen molar-refractivity contribution in [3.05, 3.63) is 327 Å². The Balaban J connectivity index is 0.000000382. The van der Waals surface area contributed by atoms with Crippen molar-refractivity contribution in [1.82, 2.24) is 0 Å². The second-order valence-corrected chi connectivity index (χ2v) is 27.9. The minimum Gasteiger partial charge on any atom is -0.366 e. The molecule has 0 fully saturated rings. The van der Waals surface area contributed by atoms with Crippen molar-refractivity contribution in [1.29, 1.82) is 10.5 Å². The Morgan fingerprint density at radius 2 is 0.380 bits per heavy atom. The molecule has 0 atom stereocenters. The smallest absolute Gasteiger partial charge is 0.366 e. The van der Waals surface area contributed by atoms with Gasteiger partial charge in [-0.15, -0.1) is 35.4 Å². The van der Waals surface area contributed by atoms with E-state index in [0.29, 0.717) is 0 Å². The van der Waals surface area contributed by atoms with Crippen LogP contribution in [0.1, 0.15) is 25.0 Å². The summed E-state index contributed by atoms with van der Waals surface area (Å²) in [7, 11) is -3.39. The molecule has 0 radical (unpaired) electrons. The molecule has 79 heavy (non-hydrogen) atoms. The fourth-order valence-electron chi connectivity index (χ4n) is 7.99. The summed E-state index contributed by atoms with van der Waals surface area (Å²) in [6, 6.07) is 111. The van der Waals surface area contributed by atoms with Gasteiger partial charge in [-0.2, -0.15) is 10.5 Å². The molecule has 0 N–H and O–H groups in total. The predicted molar refractivity (Wildman–Crippen MR) is 340 cm³/mol. The van der Waals surface area contributed by atoms with Crippen LogP contribution in [-0.2, 0) is 65.8 Å². The summed E-state index contributed by atoms with van der Waals surface area (Å²) in [4.78, 5) is 0. The van der Waals surface area contributed by atoms with Gasteiger partial charge in [0.1, 0.15) is 74.1 Å². The average molecular weight is 1470 g/mol. The Kier molecular flexibility index (Phi) is 37.8. The molecule has 2 nitrogen and oxygen atoms in total. The van der Waals surface area contributed by atoms with Crippen molar-refractivity contribution in [2.45, 2.75) is 13.8 Å². The van der Waals surface area contributed by atoms with Gasteiger partial charge in [0.15, 0.2) is 11.8 Å². The van der Waals surface area contributed by atoms with Crippen molar-refractivity contribution >= 4 is 74.1 Å². The molecule has 10 aromatic carbocycles. The first kappa shape index (κ1) is 69.3. The van der Waals surface area contributed by atoms with Crippen molar-refractivity contribution in [2.75, 3.05) is 11.8 Å². The second-order valence-electron chi connectivity index (χ2n) is 16.6. The van der Waals surface area contributed by atoms with E-state index >= 15 is 0 Å². The molecule has 0 amide bonds. The first-order valence-corrected chi connectivity index (χ1v) is 31.8. The molecule has 0 heterocycles. The minimum atomic E-state index is -0.847. The van der Waals surface area contributed by atoms with Gasteiger partial charge in [0, 0.05) is 34.9 Å². The summed E-state index contributed by atoms with van der Waals surface area (Å²) in [6.07, 6.45) is 13.4. The average Bonchev–Trinajstić information content (AvgIpc) is 3.53. The van der Waals surface area contributed by atoms with E-state index in [9.17, 15) is 0 Å². The summed E-state index contributed by atoms with van der Waals surface area (Å²) in [5.74, 6) is 7.05. The molecular formula is C70H64Ag2N2P4Pt+4. The summed E-state index contributed by atoms with van der Waals surface area (Å²) in [5, 5.41) is 26.7. The van der Waals surface area contributed by atoms with Crippen LogP contribution in [0, 0.1) is 47.3 Å². The monoisotopic (exact) mass is 1470 g/mol. The van der Waals surface area contributed by atoms with Crippen LogP contribution < -0.4 is 42.4 Å². The zero-order chi connectivity index (χ0) is 53.7. The van der Waals surface area contributed by atoms with Gasteiger partial charge in [-0.1, -0.05) is 182 Å². The summed E-state index contributed by atoms with van der Waals surface area (Å²) < 4.78 is 0. The maximum absolute atomic E-state index is 7.32. The van der Waals surface area contributed by atoms with E-state index in [4.69, 9.17) is 23.4 Å². The van der Waals surface area contributed by atoms with Crippen LogP contribution in [0.5, 0.6) is 0 Å². The van der Waals surface area contributed by atoms with Gasteiger partial charge in [-0.3, -0.25) is 11.8 Å². The number of nitrogens with zero attached hydrogens (tertiary/aromatic N) is 2. The molecule has 10 rings (SSSR count). The first-order chi connectivity index (χ1) is 37.5. The van der Waals surface area contributed by atoms with Gasteiger partial charge in [0.05, 0.1) is 12.1 Å². The quantitative estimate of drug-likeness (QED) is 0.0530. The number of benzene rings is 10. The van der Waals surface area contributed by atoms with Crippen LogP contribution in [0.15, 0.2) is 303 Å². The Hall–Kier alpha value is -5.81. The fraction of sp³-hybridized carbons (Fsp3) is 0.0571. The van der Waals surface area contributed by atoms with Gasteiger partial charge in [-0.05, 0) is 97.1 Å². The van der Waals surface area contributed by atoms with E-state index in [1.54, 1.807) is 12.1 Å². The molecule has 0 unspecified atom stereocenters. The van der Waals surface area contributed by atoms with Crippen LogP contribution in [0.2, 0.25) is 0 Å².